The number of amides is 1. The van der Waals surface area contributed by atoms with Crippen LogP contribution in [0.15, 0.2) is 24.3 Å². The molecule has 1 atom stereocenters. The van der Waals surface area contributed by atoms with E-state index in [4.69, 9.17) is 10.5 Å². The van der Waals surface area contributed by atoms with Gasteiger partial charge in [-0.15, -0.1) is 0 Å². The first-order chi connectivity index (χ1) is 8.17. The lowest BCUT2D eigenvalue weighted by atomic mass is 10.1. The van der Waals surface area contributed by atoms with Crippen LogP contribution in [0.4, 0.5) is 0 Å². The second kappa shape index (κ2) is 6.88. The van der Waals surface area contributed by atoms with Gasteiger partial charge in [0.25, 0.3) is 0 Å². The van der Waals surface area contributed by atoms with E-state index in [-0.39, 0.29) is 18.9 Å². The first kappa shape index (κ1) is 13.5. The van der Waals surface area contributed by atoms with Gasteiger partial charge in [-0.3, -0.25) is 4.79 Å². The van der Waals surface area contributed by atoms with Crippen LogP contribution in [-0.4, -0.2) is 31.2 Å². The maximum Gasteiger partial charge on any atom is 0.221 e. The van der Waals surface area contributed by atoms with E-state index in [0.29, 0.717) is 6.54 Å². The van der Waals surface area contributed by atoms with E-state index in [2.05, 4.69) is 5.32 Å². The highest BCUT2D eigenvalue weighted by atomic mass is 16.5. The van der Waals surface area contributed by atoms with Crippen molar-refractivity contribution in [3.05, 3.63) is 29.8 Å². The molecule has 0 saturated carbocycles. The van der Waals surface area contributed by atoms with Gasteiger partial charge >= 0.3 is 0 Å². The average Bonchev–Trinajstić information content (AvgIpc) is 2.36. The fourth-order valence-corrected chi connectivity index (χ4v) is 1.37. The summed E-state index contributed by atoms with van der Waals surface area (Å²) in [6.07, 6.45) is -0.447. The third kappa shape index (κ3) is 4.42. The van der Waals surface area contributed by atoms with Gasteiger partial charge in [0.15, 0.2) is 0 Å². The molecule has 1 amide bonds. The van der Waals surface area contributed by atoms with Gasteiger partial charge < -0.3 is 20.9 Å². The van der Waals surface area contributed by atoms with Gasteiger partial charge in [-0.2, -0.15) is 0 Å². The highest BCUT2D eigenvalue weighted by molar-refractivity contribution is 5.76. The zero-order valence-electron chi connectivity index (χ0n) is 9.85. The Morgan fingerprint density at radius 2 is 2.12 bits per heavy atom. The van der Waals surface area contributed by atoms with Crippen molar-refractivity contribution < 1.29 is 14.6 Å². The number of carbonyl (C=O) groups excluding carboxylic acids is 1. The molecule has 4 N–H and O–H groups in total. The van der Waals surface area contributed by atoms with E-state index in [1.54, 1.807) is 31.4 Å². The van der Waals surface area contributed by atoms with Gasteiger partial charge in [0.1, 0.15) is 5.75 Å². The third-order valence-electron chi connectivity index (χ3n) is 2.36. The topological polar surface area (TPSA) is 84.6 Å². The van der Waals surface area contributed by atoms with E-state index in [0.717, 1.165) is 11.3 Å². The summed E-state index contributed by atoms with van der Waals surface area (Å²) in [7, 11) is 1.58. The number of aliphatic hydroxyl groups is 1. The molecule has 1 unspecified atom stereocenters. The van der Waals surface area contributed by atoms with E-state index in [9.17, 15) is 9.90 Å². The lowest BCUT2D eigenvalue weighted by Gasteiger charge is -2.12. The van der Waals surface area contributed by atoms with Crippen molar-refractivity contribution in [2.45, 2.75) is 12.5 Å². The van der Waals surface area contributed by atoms with E-state index in [1.807, 2.05) is 0 Å². The number of methoxy groups -OCH3 is 1. The van der Waals surface area contributed by atoms with Crippen LogP contribution < -0.4 is 15.8 Å². The molecule has 0 saturated heterocycles. The summed E-state index contributed by atoms with van der Waals surface area (Å²) in [5.41, 5.74) is 5.98. The molecule has 0 aromatic heterocycles. The molecule has 0 radical (unpaired) electrons. The summed E-state index contributed by atoms with van der Waals surface area (Å²) < 4.78 is 5.01. The van der Waals surface area contributed by atoms with E-state index in [1.165, 1.54) is 0 Å². The van der Waals surface area contributed by atoms with Gasteiger partial charge in [-0.1, -0.05) is 12.1 Å². The van der Waals surface area contributed by atoms with E-state index >= 15 is 0 Å². The van der Waals surface area contributed by atoms with Crippen LogP contribution in [-0.2, 0) is 4.79 Å². The number of carbonyl (C=O) groups is 1. The molecule has 1 rings (SSSR count). The fourth-order valence-electron chi connectivity index (χ4n) is 1.37. The smallest absolute Gasteiger partial charge is 0.221 e. The van der Waals surface area contributed by atoms with Crippen molar-refractivity contribution in [1.29, 1.82) is 0 Å². The number of ether oxygens (including phenoxy) is 1. The standard InChI is InChI=1S/C12H18N2O3/c1-17-10-4-2-9(3-5-10)11(15)8-14-12(16)6-7-13/h2-5,11,15H,6-8,13H2,1H3,(H,14,16). The largest absolute Gasteiger partial charge is 0.497 e. The predicted molar refractivity (Wildman–Crippen MR) is 64.6 cm³/mol. The SMILES string of the molecule is COc1ccc(C(O)CNC(=O)CCN)cc1. The normalized spacial score (nSPS) is 11.9. The second-order valence-corrected chi connectivity index (χ2v) is 3.63. The molecule has 0 heterocycles. The van der Waals surface area contributed by atoms with E-state index < -0.39 is 6.10 Å². The van der Waals surface area contributed by atoms with Gasteiger partial charge in [-0.25, -0.2) is 0 Å². The zero-order valence-corrected chi connectivity index (χ0v) is 9.85. The minimum absolute atomic E-state index is 0.153. The molecule has 94 valence electrons. The summed E-state index contributed by atoms with van der Waals surface area (Å²) in [5.74, 6) is 0.577. The molecule has 0 aliphatic carbocycles. The lowest BCUT2D eigenvalue weighted by Crippen LogP contribution is -2.29. The molecule has 0 spiro atoms. The Kier molecular flexibility index (Phi) is 5.45. The maximum atomic E-state index is 11.2. The number of aliphatic hydroxyl groups excluding tert-OH is 1. The number of nitrogens with two attached hydrogens (primary N) is 1. The van der Waals surface area contributed by atoms with Crippen molar-refractivity contribution in [2.24, 2.45) is 5.73 Å². The van der Waals surface area contributed by atoms with Crippen molar-refractivity contribution in [1.82, 2.24) is 5.32 Å². The van der Waals surface area contributed by atoms with Crippen molar-refractivity contribution >= 4 is 5.91 Å². The third-order valence-corrected chi connectivity index (χ3v) is 2.36. The number of rotatable bonds is 6. The molecule has 1 aromatic rings. The highest BCUT2D eigenvalue weighted by Crippen LogP contribution is 2.16. The van der Waals surface area contributed by atoms with Crippen LogP contribution in [0.1, 0.15) is 18.1 Å². The Morgan fingerprint density at radius 1 is 1.47 bits per heavy atom. The molecule has 5 heteroatoms. The maximum absolute atomic E-state index is 11.2. The molecular weight excluding hydrogens is 220 g/mol. The molecule has 0 fully saturated rings. The van der Waals surface area contributed by atoms with Crippen molar-refractivity contribution in [2.75, 3.05) is 20.2 Å². The molecule has 0 bridgehead atoms. The van der Waals surface area contributed by atoms with Crippen LogP contribution in [0.2, 0.25) is 0 Å². The van der Waals surface area contributed by atoms with Crippen LogP contribution in [0.5, 0.6) is 5.75 Å². The number of nitrogens with one attached hydrogen (secondary N) is 1. The number of hydrogen-bond acceptors (Lipinski definition) is 4. The molecule has 0 aliphatic heterocycles. The van der Waals surface area contributed by atoms with Crippen LogP contribution in [0.3, 0.4) is 0 Å². The summed E-state index contributed by atoms with van der Waals surface area (Å²) in [6, 6.07) is 7.05. The van der Waals surface area contributed by atoms with Gasteiger partial charge in [0.05, 0.1) is 13.2 Å². The average molecular weight is 238 g/mol. The quantitative estimate of drug-likeness (QED) is 0.660. The Hall–Kier alpha value is -1.59. The van der Waals surface area contributed by atoms with Crippen LogP contribution in [0.25, 0.3) is 0 Å². The Morgan fingerprint density at radius 3 is 2.65 bits per heavy atom. The summed E-state index contributed by atoms with van der Waals surface area (Å²) in [5, 5.41) is 12.4. The Labute approximate surface area is 101 Å². The summed E-state index contributed by atoms with van der Waals surface area (Å²) in [6.45, 7) is 0.496. The predicted octanol–water partition coefficient (Wildman–Crippen LogP) is 0.194. The lowest BCUT2D eigenvalue weighted by molar-refractivity contribution is -0.121. The molecule has 5 nitrogen and oxygen atoms in total. The minimum atomic E-state index is -0.720. The Bertz CT molecular complexity index is 351. The number of benzene rings is 1. The zero-order chi connectivity index (χ0) is 12.7. The second-order valence-electron chi connectivity index (χ2n) is 3.63. The molecule has 17 heavy (non-hydrogen) atoms. The minimum Gasteiger partial charge on any atom is -0.497 e. The molecule has 0 aliphatic rings. The summed E-state index contributed by atoms with van der Waals surface area (Å²) >= 11 is 0. The van der Waals surface area contributed by atoms with Crippen molar-refractivity contribution in [3.63, 3.8) is 0 Å². The molecule has 1 aromatic carbocycles. The summed E-state index contributed by atoms with van der Waals surface area (Å²) in [4.78, 5) is 11.2. The highest BCUT2D eigenvalue weighted by Gasteiger charge is 2.09. The van der Waals surface area contributed by atoms with Crippen molar-refractivity contribution in [3.8, 4) is 5.75 Å². The fraction of sp³-hybridized carbons (Fsp3) is 0.417. The first-order valence-corrected chi connectivity index (χ1v) is 5.46. The Balaban J connectivity index is 2.46. The van der Waals surface area contributed by atoms with Crippen LogP contribution >= 0.6 is 0 Å². The number of hydrogen-bond donors (Lipinski definition) is 3. The monoisotopic (exact) mass is 238 g/mol. The van der Waals surface area contributed by atoms with Gasteiger partial charge in [0, 0.05) is 19.5 Å². The van der Waals surface area contributed by atoms with Crippen LogP contribution in [0, 0.1) is 0 Å². The van der Waals surface area contributed by atoms with Gasteiger partial charge in [0.2, 0.25) is 5.91 Å². The molecular formula is C12H18N2O3. The van der Waals surface area contributed by atoms with Gasteiger partial charge in [-0.05, 0) is 17.7 Å². The first-order valence-electron chi connectivity index (χ1n) is 5.46.